The number of carbonyl (C=O) groups excluding carboxylic acids is 1. The quantitative estimate of drug-likeness (QED) is 0.498. The summed E-state index contributed by atoms with van der Waals surface area (Å²) >= 11 is 0. The Hall–Kier alpha value is -0.570. The van der Waals surface area contributed by atoms with E-state index >= 15 is 0 Å². The molecule has 0 aromatic carbocycles. The highest BCUT2D eigenvalue weighted by Crippen LogP contribution is 2.34. The van der Waals surface area contributed by atoms with Crippen LogP contribution in [0.15, 0.2) is 0 Å². The SMILES string of the molecule is C[C@H]1OC(=O)[C@H](O)C1(C)C. The summed E-state index contributed by atoms with van der Waals surface area (Å²) in [6, 6.07) is 0. The fourth-order valence-electron chi connectivity index (χ4n) is 0.917. The van der Waals surface area contributed by atoms with Crippen molar-refractivity contribution in [2.24, 2.45) is 5.41 Å². The molecule has 1 fully saturated rings. The average molecular weight is 144 g/mol. The lowest BCUT2D eigenvalue weighted by Crippen LogP contribution is -2.32. The molecular weight excluding hydrogens is 132 g/mol. The Kier molecular flexibility index (Phi) is 1.47. The maximum absolute atomic E-state index is 10.7. The monoisotopic (exact) mass is 144 g/mol. The number of esters is 1. The highest BCUT2D eigenvalue weighted by Gasteiger charge is 2.47. The molecule has 0 aromatic rings. The molecule has 1 saturated heterocycles. The molecule has 3 heteroatoms. The zero-order valence-corrected chi connectivity index (χ0v) is 6.42. The molecule has 10 heavy (non-hydrogen) atoms. The van der Waals surface area contributed by atoms with Crippen LogP contribution in [-0.2, 0) is 9.53 Å². The second kappa shape index (κ2) is 1.95. The second-order valence-electron chi connectivity index (χ2n) is 3.30. The lowest BCUT2D eigenvalue weighted by atomic mass is 9.84. The number of rotatable bonds is 0. The van der Waals surface area contributed by atoms with Gasteiger partial charge in [0.25, 0.3) is 0 Å². The Morgan fingerprint density at radius 3 is 2.20 bits per heavy atom. The molecule has 1 N–H and O–H groups in total. The highest BCUT2D eigenvalue weighted by molar-refractivity contribution is 5.78. The largest absolute Gasteiger partial charge is 0.460 e. The van der Waals surface area contributed by atoms with E-state index in [4.69, 9.17) is 4.74 Å². The van der Waals surface area contributed by atoms with E-state index in [9.17, 15) is 9.90 Å². The van der Waals surface area contributed by atoms with E-state index < -0.39 is 17.5 Å². The Balaban J connectivity index is 2.85. The van der Waals surface area contributed by atoms with Crippen molar-refractivity contribution in [3.63, 3.8) is 0 Å². The minimum absolute atomic E-state index is 0.185. The van der Waals surface area contributed by atoms with Crippen LogP contribution in [0.25, 0.3) is 0 Å². The first kappa shape index (κ1) is 7.54. The van der Waals surface area contributed by atoms with Crippen molar-refractivity contribution in [3.05, 3.63) is 0 Å². The Morgan fingerprint density at radius 2 is 2.10 bits per heavy atom. The van der Waals surface area contributed by atoms with Gasteiger partial charge in [0.15, 0.2) is 6.10 Å². The molecule has 0 unspecified atom stereocenters. The van der Waals surface area contributed by atoms with Gasteiger partial charge in [0.05, 0.1) is 0 Å². The van der Waals surface area contributed by atoms with Crippen LogP contribution in [0.3, 0.4) is 0 Å². The van der Waals surface area contributed by atoms with E-state index in [1.165, 1.54) is 0 Å². The molecule has 0 aromatic heterocycles. The third-order valence-corrected chi connectivity index (χ3v) is 2.27. The van der Waals surface area contributed by atoms with Crippen LogP contribution in [0.1, 0.15) is 20.8 Å². The van der Waals surface area contributed by atoms with Crippen LogP contribution in [0.2, 0.25) is 0 Å². The Bertz CT molecular complexity index is 162. The molecule has 1 aliphatic heterocycles. The van der Waals surface area contributed by atoms with Gasteiger partial charge in [-0.3, -0.25) is 0 Å². The maximum Gasteiger partial charge on any atom is 0.335 e. The van der Waals surface area contributed by atoms with E-state index in [0.29, 0.717) is 0 Å². The van der Waals surface area contributed by atoms with Crippen molar-refractivity contribution in [3.8, 4) is 0 Å². The number of hydrogen-bond acceptors (Lipinski definition) is 3. The first-order valence-electron chi connectivity index (χ1n) is 3.35. The molecule has 0 spiro atoms. The van der Waals surface area contributed by atoms with Crippen LogP contribution in [0.5, 0.6) is 0 Å². The van der Waals surface area contributed by atoms with E-state index in [2.05, 4.69) is 0 Å². The van der Waals surface area contributed by atoms with Gasteiger partial charge in [0.1, 0.15) is 6.10 Å². The van der Waals surface area contributed by atoms with Crippen molar-refractivity contribution in [1.82, 2.24) is 0 Å². The molecule has 58 valence electrons. The number of cyclic esters (lactones) is 1. The first-order valence-corrected chi connectivity index (χ1v) is 3.35. The molecule has 3 nitrogen and oxygen atoms in total. The van der Waals surface area contributed by atoms with Crippen LogP contribution < -0.4 is 0 Å². The molecule has 0 bridgehead atoms. The molecule has 0 amide bonds. The highest BCUT2D eigenvalue weighted by atomic mass is 16.6. The van der Waals surface area contributed by atoms with Gasteiger partial charge < -0.3 is 9.84 Å². The second-order valence-corrected chi connectivity index (χ2v) is 3.30. The van der Waals surface area contributed by atoms with E-state index in [1.54, 1.807) is 6.92 Å². The van der Waals surface area contributed by atoms with Gasteiger partial charge in [0.2, 0.25) is 0 Å². The molecule has 1 aliphatic rings. The summed E-state index contributed by atoms with van der Waals surface area (Å²) in [5, 5.41) is 9.22. The molecule has 1 rings (SSSR count). The van der Waals surface area contributed by atoms with Gasteiger partial charge in [-0.05, 0) is 6.92 Å². The average Bonchev–Trinajstić information content (AvgIpc) is 1.97. The van der Waals surface area contributed by atoms with E-state index in [0.717, 1.165) is 0 Å². The predicted molar refractivity (Wildman–Crippen MR) is 35.3 cm³/mol. The van der Waals surface area contributed by atoms with E-state index in [1.807, 2.05) is 13.8 Å². The maximum atomic E-state index is 10.7. The van der Waals surface area contributed by atoms with Gasteiger partial charge in [-0.25, -0.2) is 4.79 Å². The van der Waals surface area contributed by atoms with Gasteiger partial charge >= 0.3 is 5.97 Å². The number of ether oxygens (including phenoxy) is 1. The van der Waals surface area contributed by atoms with Gasteiger partial charge in [-0.15, -0.1) is 0 Å². The van der Waals surface area contributed by atoms with Crippen molar-refractivity contribution < 1.29 is 14.6 Å². The smallest absolute Gasteiger partial charge is 0.335 e. The van der Waals surface area contributed by atoms with Crippen LogP contribution in [0, 0.1) is 5.41 Å². The van der Waals surface area contributed by atoms with Crippen LogP contribution >= 0.6 is 0 Å². The number of aliphatic hydroxyl groups excluding tert-OH is 1. The van der Waals surface area contributed by atoms with Crippen molar-refractivity contribution in [1.29, 1.82) is 0 Å². The molecule has 1 heterocycles. The summed E-state index contributed by atoms with van der Waals surface area (Å²) in [7, 11) is 0. The van der Waals surface area contributed by atoms with Crippen molar-refractivity contribution in [2.45, 2.75) is 33.0 Å². The Labute approximate surface area is 60.0 Å². The van der Waals surface area contributed by atoms with Crippen molar-refractivity contribution in [2.75, 3.05) is 0 Å². The lowest BCUT2D eigenvalue weighted by molar-refractivity contribution is -0.146. The summed E-state index contributed by atoms with van der Waals surface area (Å²) in [4.78, 5) is 10.7. The summed E-state index contributed by atoms with van der Waals surface area (Å²) in [6.07, 6.45) is -1.14. The normalized spacial score (nSPS) is 37.8. The van der Waals surface area contributed by atoms with Crippen LogP contribution in [0.4, 0.5) is 0 Å². The summed E-state index contributed by atoms with van der Waals surface area (Å²) in [5.74, 6) is -0.502. The predicted octanol–water partition coefficient (Wildman–Crippen LogP) is 0.319. The minimum Gasteiger partial charge on any atom is -0.460 e. The van der Waals surface area contributed by atoms with Crippen LogP contribution in [-0.4, -0.2) is 23.3 Å². The lowest BCUT2D eigenvalue weighted by Gasteiger charge is -2.21. The molecule has 2 atom stereocenters. The minimum atomic E-state index is -0.956. The number of aliphatic hydroxyl groups is 1. The number of carbonyl (C=O) groups is 1. The topological polar surface area (TPSA) is 46.5 Å². The van der Waals surface area contributed by atoms with E-state index in [-0.39, 0.29) is 6.10 Å². The van der Waals surface area contributed by atoms with Crippen molar-refractivity contribution >= 4 is 5.97 Å². The molecular formula is C7H12O3. The fourth-order valence-corrected chi connectivity index (χ4v) is 0.917. The van der Waals surface area contributed by atoms with Gasteiger partial charge in [0, 0.05) is 5.41 Å². The van der Waals surface area contributed by atoms with Gasteiger partial charge in [-0.2, -0.15) is 0 Å². The zero-order chi connectivity index (χ0) is 7.94. The standard InChI is InChI=1S/C7H12O3/c1-4-7(2,3)5(8)6(9)10-4/h4-5,8H,1-3H3/t4-,5+/m1/s1. The fraction of sp³-hybridized carbons (Fsp3) is 0.857. The third kappa shape index (κ3) is 0.814. The Morgan fingerprint density at radius 1 is 1.60 bits per heavy atom. The molecule has 0 aliphatic carbocycles. The number of hydrogen-bond donors (Lipinski definition) is 1. The molecule has 0 saturated carbocycles. The van der Waals surface area contributed by atoms with Gasteiger partial charge in [-0.1, -0.05) is 13.8 Å². The summed E-state index contributed by atoms with van der Waals surface area (Å²) in [5.41, 5.74) is -0.433. The third-order valence-electron chi connectivity index (χ3n) is 2.27. The summed E-state index contributed by atoms with van der Waals surface area (Å²) in [6.45, 7) is 5.41. The zero-order valence-electron chi connectivity index (χ0n) is 6.42. The first-order chi connectivity index (χ1) is 4.46. The summed E-state index contributed by atoms with van der Waals surface area (Å²) < 4.78 is 4.80. The molecule has 0 radical (unpaired) electrons.